The lowest BCUT2D eigenvalue weighted by Crippen LogP contribution is -2.07. The van der Waals surface area contributed by atoms with Gasteiger partial charge in [0.05, 0.1) is 24.7 Å². The predicted molar refractivity (Wildman–Crippen MR) is 143 cm³/mol. The van der Waals surface area contributed by atoms with Gasteiger partial charge in [-0.15, -0.1) is 11.3 Å². The Bertz CT molecular complexity index is 1330. The van der Waals surface area contributed by atoms with Crippen molar-refractivity contribution in [1.29, 1.82) is 0 Å². The zero-order valence-corrected chi connectivity index (χ0v) is 21.8. The summed E-state index contributed by atoms with van der Waals surface area (Å²) < 4.78 is 19.4. The van der Waals surface area contributed by atoms with Crippen molar-refractivity contribution in [3.63, 3.8) is 0 Å². The van der Waals surface area contributed by atoms with Crippen molar-refractivity contribution in [2.24, 2.45) is 0 Å². The van der Waals surface area contributed by atoms with Crippen LogP contribution < -0.4 is 14.2 Å². The summed E-state index contributed by atoms with van der Waals surface area (Å²) in [4.78, 5) is 16.7. The molecular weight excluding hydrogens is 476 g/mol. The molecule has 190 valence electrons. The second kappa shape index (κ2) is 11.9. The number of benzene rings is 2. The highest BCUT2D eigenvalue weighted by atomic mass is 32.1. The molecule has 0 spiro atoms. The van der Waals surface area contributed by atoms with Gasteiger partial charge in [0.1, 0.15) is 23.1 Å². The lowest BCUT2D eigenvalue weighted by molar-refractivity contribution is -0.137. The molecule has 0 aliphatic rings. The van der Waals surface area contributed by atoms with E-state index in [-0.39, 0.29) is 6.54 Å². The lowest BCUT2D eigenvalue weighted by atomic mass is 10.1. The molecule has 0 radical (unpaired) electrons. The second-order valence-corrected chi connectivity index (χ2v) is 9.70. The third-order valence-corrected chi connectivity index (χ3v) is 6.73. The molecule has 7 nitrogen and oxygen atoms in total. The number of thiazole rings is 1. The monoisotopic (exact) mass is 508 g/mol. The molecule has 0 aliphatic heterocycles. The van der Waals surface area contributed by atoms with E-state index in [0.717, 1.165) is 57.1 Å². The summed E-state index contributed by atoms with van der Waals surface area (Å²) >= 11 is 1.65. The Balaban J connectivity index is 1.32. The third kappa shape index (κ3) is 6.18. The van der Waals surface area contributed by atoms with Crippen LogP contribution in [-0.4, -0.2) is 40.4 Å². The minimum Gasteiger partial charge on any atom is -0.493 e. The maximum Gasteiger partial charge on any atom is 0.323 e. The first kappa shape index (κ1) is 25.6. The Morgan fingerprint density at radius 2 is 1.89 bits per heavy atom. The van der Waals surface area contributed by atoms with Crippen molar-refractivity contribution in [2.45, 2.75) is 46.6 Å². The number of aryl methyl sites for hydroxylation is 2. The average Bonchev–Trinajstić information content (AvgIpc) is 3.42. The number of carboxylic acids is 1. The van der Waals surface area contributed by atoms with Crippen LogP contribution in [0, 0.1) is 6.92 Å². The number of hydrogen-bond donors (Lipinski definition) is 1. The number of carbonyl (C=O) groups is 1. The number of ether oxygens (including phenoxy) is 3. The summed E-state index contributed by atoms with van der Waals surface area (Å²) in [7, 11) is 0. The van der Waals surface area contributed by atoms with Gasteiger partial charge in [-0.25, -0.2) is 4.98 Å². The van der Waals surface area contributed by atoms with Crippen LogP contribution in [-0.2, 0) is 17.8 Å². The topological polar surface area (TPSA) is 82.8 Å². The van der Waals surface area contributed by atoms with E-state index in [0.29, 0.717) is 25.7 Å². The van der Waals surface area contributed by atoms with Crippen LogP contribution in [0.2, 0.25) is 0 Å². The smallest absolute Gasteiger partial charge is 0.323 e. The molecule has 0 fully saturated rings. The van der Waals surface area contributed by atoms with Crippen LogP contribution in [0.15, 0.2) is 48.7 Å². The first-order valence-corrected chi connectivity index (χ1v) is 13.1. The number of nitrogens with zero attached hydrogens (tertiary/aromatic N) is 2. The van der Waals surface area contributed by atoms with Crippen LogP contribution in [0.1, 0.15) is 37.1 Å². The minimum absolute atomic E-state index is 0.0557. The fraction of sp³-hybridized carbons (Fsp3) is 0.357. The highest BCUT2D eigenvalue weighted by molar-refractivity contribution is 7.15. The van der Waals surface area contributed by atoms with Gasteiger partial charge in [0.15, 0.2) is 0 Å². The van der Waals surface area contributed by atoms with Crippen molar-refractivity contribution in [3.05, 3.63) is 59.1 Å². The zero-order chi connectivity index (χ0) is 25.5. The highest BCUT2D eigenvalue weighted by Crippen LogP contribution is 2.34. The van der Waals surface area contributed by atoms with Crippen molar-refractivity contribution in [3.8, 4) is 28.0 Å². The summed E-state index contributed by atoms with van der Waals surface area (Å²) in [5.41, 5.74) is 3.14. The van der Waals surface area contributed by atoms with E-state index >= 15 is 0 Å². The average molecular weight is 509 g/mol. The van der Waals surface area contributed by atoms with Crippen molar-refractivity contribution >= 4 is 28.2 Å². The first-order chi connectivity index (χ1) is 17.5. The molecule has 0 saturated heterocycles. The van der Waals surface area contributed by atoms with Gasteiger partial charge in [0.25, 0.3) is 0 Å². The molecular formula is C28H32N2O5S. The van der Waals surface area contributed by atoms with E-state index in [2.05, 4.69) is 24.0 Å². The largest absolute Gasteiger partial charge is 0.493 e. The third-order valence-electron chi connectivity index (χ3n) is 5.72. The molecule has 36 heavy (non-hydrogen) atoms. The highest BCUT2D eigenvalue weighted by Gasteiger charge is 2.13. The SMILES string of the molecule is CCCc1cc(-c2nc(OCC)c(C)s2)ccc1OCCCOc1ccc2c(ccn2CC(=O)O)c1. The second-order valence-electron chi connectivity index (χ2n) is 8.49. The van der Waals surface area contributed by atoms with Crippen LogP contribution in [0.5, 0.6) is 17.4 Å². The molecule has 0 bridgehead atoms. The lowest BCUT2D eigenvalue weighted by Gasteiger charge is -2.13. The maximum absolute atomic E-state index is 11.0. The van der Waals surface area contributed by atoms with E-state index in [1.165, 1.54) is 5.56 Å². The molecule has 2 aromatic carbocycles. The van der Waals surface area contributed by atoms with Gasteiger partial charge in [-0.1, -0.05) is 13.3 Å². The summed E-state index contributed by atoms with van der Waals surface area (Å²) in [6.45, 7) is 7.80. The van der Waals surface area contributed by atoms with Gasteiger partial charge in [-0.3, -0.25) is 4.79 Å². The molecule has 0 saturated carbocycles. The van der Waals surface area contributed by atoms with Crippen LogP contribution in [0.25, 0.3) is 21.5 Å². The Kier molecular flexibility index (Phi) is 8.48. The number of rotatable bonds is 13. The zero-order valence-electron chi connectivity index (χ0n) is 21.0. The molecule has 8 heteroatoms. The molecule has 4 aromatic rings. The van der Waals surface area contributed by atoms with Gasteiger partial charge in [-0.05, 0) is 68.3 Å². The summed E-state index contributed by atoms with van der Waals surface area (Å²) in [5, 5.41) is 10.9. The van der Waals surface area contributed by atoms with Crippen molar-refractivity contribution < 1.29 is 24.1 Å². The molecule has 2 heterocycles. The molecule has 0 atom stereocenters. The summed E-state index contributed by atoms with van der Waals surface area (Å²) in [6, 6.07) is 13.9. The first-order valence-electron chi connectivity index (χ1n) is 12.3. The van der Waals surface area contributed by atoms with Gasteiger partial charge < -0.3 is 23.9 Å². The van der Waals surface area contributed by atoms with E-state index in [1.807, 2.05) is 44.2 Å². The van der Waals surface area contributed by atoms with Crippen molar-refractivity contribution in [2.75, 3.05) is 19.8 Å². The summed E-state index contributed by atoms with van der Waals surface area (Å²) in [5.74, 6) is 1.52. The van der Waals surface area contributed by atoms with Crippen LogP contribution in [0.3, 0.4) is 0 Å². The van der Waals surface area contributed by atoms with E-state index in [4.69, 9.17) is 19.3 Å². The van der Waals surface area contributed by atoms with Gasteiger partial charge in [-0.2, -0.15) is 0 Å². The van der Waals surface area contributed by atoms with Gasteiger partial charge >= 0.3 is 5.97 Å². The van der Waals surface area contributed by atoms with Crippen LogP contribution >= 0.6 is 11.3 Å². The number of aliphatic carboxylic acids is 1. The maximum atomic E-state index is 11.0. The Hall–Kier alpha value is -3.52. The number of carboxylic acid groups (broad SMARTS) is 1. The molecule has 0 unspecified atom stereocenters. The molecule has 0 aliphatic carbocycles. The molecule has 1 N–H and O–H groups in total. The van der Waals surface area contributed by atoms with Gasteiger partial charge in [0.2, 0.25) is 5.88 Å². The quantitative estimate of drug-likeness (QED) is 0.212. The molecule has 4 rings (SSSR count). The Morgan fingerprint density at radius 1 is 1.06 bits per heavy atom. The van der Waals surface area contributed by atoms with E-state index in [9.17, 15) is 4.79 Å². The predicted octanol–water partition coefficient (Wildman–Crippen LogP) is 6.36. The number of fused-ring (bicyclic) bond motifs is 1. The fourth-order valence-corrected chi connectivity index (χ4v) is 4.93. The van der Waals surface area contributed by atoms with Gasteiger partial charge in [0, 0.05) is 29.1 Å². The van der Waals surface area contributed by atoms with E-state index < -0.39 is 5.97 Å². The Labute approximate surface area is 215 Å². The summed E-state index contributed by atoms with van der Waals surface area (Å²) in [6.07, 6.45) is 4.49. The van der Waals surface area contributed by atoms with Crippen molar-refractivity contribution in [1.82, 2.24) is 9.55 Å². The number of hydrogen-bond acceptors (Lipinski definition) is 6. The minimum atomic E-state index is -0.862. The van der Waals surface area contributed by atoms with Crippen LogP contribution in [0.4, 0.5) is 0 Å². The van der Waals surface area contributed by atoms with E-state index in [1.54, 1.807) is 22.1 Å². The Morgan fingerprint density at radius 3 is 2.67 bits per heavy atom. The fourth-order valence-electron chi connectivity index (χ4n) is 4.08. The molecule has 0 amide bonds. The standard InChI is InChI=1S/C28H32N2O5S/c1-4-7-21-16-22(28-29-27(33-5-2)19(3)36-28)8-11-25(21)35-15-6-14-34-23-9-10-24-20(17-23)12-13-30(24)18-26(31)32/h8-13,16-17H,4-7,14-15,18H2,1-3H3,(H,31,32). The number of aromatic nitrogens is 2. The molecule has 2 aromatic heterocycles. The normalized spacial score (nSPS) is 11.1.